The maximum atomic E-state index is 12.4. The quantitative estimate of drug-likeness (QED) is 0.312. The van der Waals surface area contributed by atoms with Gasteiger partial charge in [-0.1, -0.05) is 42.1 Å². The van der Waals surface area contributed by atoms with Crippen LogP contribution in [0.1, 0.15) is 26.1 Å². The number of nitrogens with zero attached hydrogens (tertiary/aromatic N) is 2. The van der Waals surface area contributed by atoms with E-state index in [2.05, 4.69) is 33.5 Å². The summed E-state index contributed by atoms with van der Waals surface area (Å²) in [5, 5.41) is 4.61. The molecule has 7 heteroatoms. The first-order valence-corrected chi connectivity index (χ1v) is 11.1. The van der Waals surface area contributed by atoms with Crippen LogP contribution in [0.4, 0.5) is 0 Å². The van der Waals surface area contributed by atoms with Gasteiger partial charge in [0.25, 0.3) is 0 Å². The molecule has 5 nitrogen and oxygen atoms in total. The van der Waals surface area contributed by atoms with Gasteiger partial charge in [-0.3, -0.25) is 4.79 Å². The normalized spacial score (nSPS) is 12.2. The van der Waals surface area contributed by atoms with E-state index in [0.717, 1.165) is 32.4 Å². The summed E-state index contributed by atoms with van der Waals surface area (Å²) in [6.45, 7) is 7.77. The second-order valence-electron chi connectivity index (χ2n) is 6.37. The highest BCUT2D eigenvalue weighted by atomic mass is 32.2. The van der Waals surface area contributed by atoms with E-state index in [1.165, 1.54) is 17.3 Å². The molecule has 2 heterocycles. The summed E-state index contributed by atoms with van der Waals surface area (Å²) in [6, 6.07) is 12.4. The number of nitrogens with one attached hydrogen (secondary N) is 1. The summed E-state index contributed by atoms with van der Waals surface area (Å²) >= 11 is 3.14. The lowest BCUT2D eigenvalue weighted by molar-refractivity contribution is -0.120. The van der Waals surface area contributed by atoms with Crippen molar-refractivity contribution in [1.29, 1.82) is 0 Å². The maximum Gasteiger partial charge on any atom is 0.233 e. The fourth-order valence-electron chi connectivity index (χ4n) is 2.73. The van der Waals surface area contributed by atoms with Crippen LogP contribution in [0, 0.1) is 6.92 Å². The summed E-state index contributed by atoms with van der Waals surface area (Å²) in [5.41, 5.74) is 1.17. The predicted octanol–water partition coefficient (Wildman–Crippen LogP) is 4.69. The summed E-state index contributed by atoms with van der Waals surface area (Å²) in [4.78, 5) is 23.7. The van der Waals surface area contributed by atoms with Gasteiger partial charge in [0.15, 0.2) is 0 Å². The number of aromatic nitrogens is 2. The fraction of sp³-hybridized carbons (Fsp3) is 0.381. The minimum absolute atomic E-state index is 0.0180. The molecule has 1 aromatic carbocycles. The number of rotatable bonds is 9. The number of carbonyl (C=O) groups is 1. The Kier molecular flexibility index (Phi) is 7.42. The second kappa shape index (κ2) is 10.0. The summed E-state index contributed by atoms with van der Waals surface area (Å²) in [6.07, 6.45) is 0.818. The van der Waals surface area contributed by atoms with E-state index in [0.29, 0.717) is 19.8 Å². The Morgan fingerprint density at radius 1 is 1.29 bits per heavy atom. The number of aryl methyl sites for hydroxylation is 1. The number of thioether (sulfide) groups is 1. The predicted molar refractivity (Wildman–Crippen MR) is 117 cm³/mol. The number of hydrogen-bond donors (Lipinski definition) is 1. The lowest BCUT2D eigenvalue weighted by atomic mass is 10.2. The average molecular weight is 416 g/mol. The SMILES string of the molecule is CCOCCCNC(=O)C(C)Sc1nc(C)nc2sc(-c3ccccc3)cc12. The van der Waals surface area contributed by atoms with Crippen molar-refractivity contribution in [3.63, 3.8) is 0 Å². The standard InChI is InChI=1S/C21H25N3O2S2/c1-4-26-12-8-11-22-19(25)14(2)27-20-17-13-18(16-9-6-5-7-10-16)28-21(17)24-15(3)23-20/h5-7,9-10,13-14H,4,8,11-12H2,1-3H3,(H,22,25). The molecule has 0 aliphatic carbocycles. The number of benzene rings is 1. The lowest BCUT2D eigenvalue weighted by Crippen LogP contribution is -2.32. The number of amides is 1. The molecule has 1 atom stereocenters. The smallest absolute Gasteiger partial charge is 0.233 e. The molecule has 1 unspecified atom stereocenters. The average Bonchev–Trinajstić information content (AvgIpc) is 3.12. The zero-order chi connectivity index (χ0) is 19.9. The van der Waals surface area contributed by atoms with Crippen molar-refractivity contribution in [3.05, 3.63) is 42.2 Å². The third kappa shape index (κ3) is 5.31. The fourth-order valence-corrected chi connectivity index (χ4v) is 4.87. The van der Waals surface area contributed by atoms with Crippen molar-refractivity contribution in [1.82, 2.24) is 15.3 Å². The van der Waals surface area contributed by atoms with Crippen LogP contribution in [0.3, 0.4) is 0 Å². The zero-order valence-electron chi connectivity index (χ0n) is 16.4. The number of hydrogen-bond acceptors (Lipinski definition) is 6. The summed E-state index contributed by atoms with van der Waals surface area (Å²) < 4.78 is 5.30. The molecular weight excluding hydrogens is 390 g/mol. The third-order valence-electron chi connectivity index (χ3n) is 4.15. The maximum absolute atomic E-state index is 12.4. The Labute approximate surface area is 173 Å². The summed E-state index contributed by atoms with van der Waals surface area (Å²) in [7, 11) is 0. The van der Waals surface area contributed by atoms with Crippen molar-refractivity contribution >= 4 is 39.2 Å². The minimum Gasteiger partial charge on any atom is -0.382 e. The van der Waals surface area contributed by atoms with Crippen LogP contribution in [0.2, 0.25) is 0 Å². The lowest BCUT2D eigenvalue weighted by Gasteiger charge is -2.12. The first-order chi connectivity index (χ1) is 13.6. The van der Waals surface area contributed by atoms with E-state index in [-0.39, 0.29) is 11.2 Å². The molecule has 0 saturated carbocycles. The highest BCUT2D eigenvalue weighted by Crippen LogP contribution is 2.37. The topological polar surface area (TPSA) is 64.1 Å². The molecule has 0 aliphatic rings. The van der Waals surface area contributed by atoms with Crippen LogP contribution in [0.25, 0.3) is 20.7 Å². The van der Waals surface area contributed by atoms with E-state index in [4.69, 9.17) is 4.74 Å². The molecule has 0 radical (unpaired) electrons. The molecule has 0 spiro atoms. The van der Waals surface area contributed by atoms with Crippen LogP contribution < -0.4 is 5.32 Å². The van der Waals surface area contributed by atoms with E-state index in [1.54, 1.807) is 11.3 Å². The third-order valence-corrected chi connectivity index (χ3v) is 6.33. The van der Waals surface area contributed by atoms with Crippen molar-refractivity contribution in [3.8, 4) is 10.4 Å². The molecule has 0 bridgehead atoms. The van der Waals surface area contributed by atoms with Crippen molar-refractivity contribution in [2.45, 2.75) is 37.5 Å². The molecule has 0 aliphatic heterocycles. The van der Waals surface area contributed by atoms with Gasteiger partial charge in [0, 0.05) is 30.0 Å². The highest BCUT2D eigenvalue weighted by molar-refractivity contribution is 8.00. The van der Waals surface area contributed by atoms with Crippen molar-refractivity contribution < 1.29 is 9.53 Å². The molecule has 3 rings (SSSR count). The van der Waals surface area contributed by atoms with Crippen molar-refractivity contribution in [2.75, 3.05) is 19.8 Å². The van der Waals surface area contributed by atoms with Crippen LogP contribution in [0.15, 0.2) is 41.4 Å². The van der Waals surface area contributed by atoms with Gasteiger partial charge in [0.05, 0.1) is 5.25 Å². The van der Waals surface area contributed by atoms with Gasteiger partial charge >= 0.3 is 0 Å². The van der Waals surface area contributed by atoms with E-state index in [1.807, 2.05) is 39.0 Å². The molecule has 3 aromatic rings. The van der Waals surface area contributed by atoms with Crippen molar-refractivity contribution in [2.24, 2.45) is 0 Å². The number of ether oxygens (including phenoxy) is 1. The van der Waals surface area contributed by atoms with Crippen LogP contribution >= 0.6 is 23.1 Å². The Hall–Kier alpha value is -1.96. The first-order valence-electron chi connectivity index (χ1n) is 9.44. The van der Waals surface area contributed by atoms with Crippen LogP contribution in [-0.4, -0.2) is 40.9 Å². The molecule has 28 heavy (non-hydrogen) atoms. The summed E-state index contributed by atoms with van der Waals surface area (Å²) in [5.74, 6) is 0.741. The number of fused-ring (bicyclic) bond motifs is 1. The molecule has 2 aromatic heterocycles. The Bertz CT molecular complexity index is 928. The van der Waals surface area contributed by atoms with Gasteiger partial charge in [-0.05, 0) is 38.8 Å². The van der Waals surface area contributed by atoms with Gasteiger partial charge < -0.3 is 10.1 Å². The molecule has 148 valence electrons. The second-order valence-corrected chi connectivity index (χ2v) is 8.73. The number of carbonyl (C=O) groups excluding carboxylic acids is 1. The van der Waals surface area contributed by atoms with Gasteiger partial charge in [-0.25, -0.2) is 9.97 Å². The van der Waals surface area contributed by atoms with Crippen LogP contribution in [-0.2, 0) is 9.53 Å². The van der Waals surface area contributed by atoms with Crippen LogP contribution in [0.5, 0.6) is 0 Å². The minimum atomic E-state index is -0.232. The first kappa shape index (κ1) is 20.8. The molecule has 1 amide bonds. The van der Waals surface area contributed by atoms with Gasteiger partial charge in [-0.2, -0.15) is 0 Å². The monoisotopic (exact) mass is 415 g/mol. The number of thiophene rings is 1. The van der Waals surface area contributed by atoms with E-state index >= 15 is 0 Å². The van der Waals surface area contributed by atoms with E-state index in [9.17, 15) is 4.79 Å². The Balaban J connectivity index is 1.73. The molecular formula is C21H25N3O2S2. The Morgan fingerprint density at radius 3 is 2.82 bits per heavy atom. The highest BCUT2D eigenvalue weighted by Gasteiger charge is 2.19. The van der Waals surface area contributed by atoms with E-state index < -0.39 is 0 Å². The molecule has 0 fully saturated rings. The Morgan fingerprint density at radius 2 is 2.07 bits per heavy atom. The molecule has 1 N–H and O–H groups in total. The zero-order valence-corrected chi connectivity index (χ0v) is 18.0. The largest absolute Gasteiger partial charge is 0.382 e. The van der Waals surface area contributed by atoms with Gasteiger partial charge in [-0.15, -0.1) is 11.3 Å². The van der Waals surface area contributed by atoms with Gasteiger partial charge in [0.1, 0.15) is 15.7 Å². The van der Waals surface area contributed by atoms with Gasteiger partial charge in [0.2, 0.25) is 5.91 Å². The molecule has 0 saturated heterocycles.